The molecule has 8 heteroatoms. The van der Waals surface area contributed by atoms with Crippen molar-refractivity contribution in [1.29, 1.82) is 0 Å². The van der Waals surface area contributed by atoms with Gasteiger partial charge < -0.3 is 4.90 Å². The molecule has 0 bridgehead atoms. The van der Waals surface area contributed by atoms with Crippen LogP contribution in [0.5, 0.6) is 0 Å². The third kappa shape index (κ3) is 5.32. The first-order valence-electron chi connectivity index (χ1n) is 6.59. The lowest BCUT2D eigenvalue weighted by Crippen LogP contribution is -2.38. The zero-order valence-electron chi connectivity index (χ0n) is 12.5. The monoisotopic (exact) mass is 337 g/mol. The van der Waals surface area contributed by atoms with Crippen LogP contribution in [0.25, 0.3) is 0 Å². The minimum absolute atomic E-state index is 0.100. The van der Waals surface area contributed by atoms with E-state index >= 15 is 0 Å². The Hall–Kier alpha value is -1.57. The number of carbonyl (C=O) groups excluding carboxylic acids is 1. The third-order valence-corrected chi connectivity index (χ3v) is 3.87. The number of benzene rings is 1. The number of rotatable bonds is 5. The van der Waals surface area contributed by atoms with Crippen LogP contribution in [0.1, 0.15) is 25.8 Å². The van der Waals surface area contributed by atoms with E-state index in [2.05, 4.69) is 0 Å². The van der Waals surface area contributed by atoms with E-state index in [1.54, 1.807) is 13.8 Å². The van der Waals surface area contributed by atoms with E-state index in [0.29, 0.717) is 0 Å². The van der Waals surface area contributed by atoms with Crippen LogP contribution in [0.4, 0.5) is 18.9 Å². The lowest BCUT2D eigenvalue weighted by molar-refractivity contribution is -0.137. The molecule has 0 fully saturated rings. The van der Waals surface area contributed by atoms with Crippen molar-refractivity contribution in [2.24, 2.45) is 0 Å². The lowest BCUT2D eigenvalue weighted by Gasteiger charge is -2.27. The van der Waals surface area contributed by atoms with E-state index in [1.807, 2.05) is 0 Å². The first-order chi connectivity index (χ1) is 9.92. The Morgan fingerprint density at radius 1 is 1.27 bits per heavy atom. The molecule has 0 aliphatic rings. The smallest absolute Gasteiger partial charge is 0.310 e. The predicted octanol–water partition coefficient (Wildman–Crippen LogP) is 2.88. The zero-order valence-corrected chi connectivity index (χ0v) is 13.3. The van der Waals surface area contributed by atoms with Crippen LogP contribution in [0.2, 0.25) is 0 Å². The maximum atomic E-state index is 12.8. The largest absolute Gasteiger partial charge is 0.416 e. The molecule has 0 unspecified atom stereocenters. The molecule has 124 valence electrons. The van der Waals surface area contributed by atoms with Gasteiger partial charge in [0.15, 0.2) is 0 Å². The number of sulfone groups is 1. The molecule has 0 aliphatic heterocycles. The number of nitrogens with zero attached hydrogens (tertiary/aromatic N) is 1. The lowest BCUT2D eigenvalue weighted by atomic mass is 10.1. The molecule has 0 spiro atoms. The predicted molar refractivity (Wildman–Crippen MR) is 78.4 cm³/mol. The summed E-state index contributed by atoms with van der Waals surface area (Å²) in [6.45, 7) is 3.30. The second-order valence-corrected chi connectivity index (χ2v) is 7.55. The van der Waals surface area contributed by atoms with E-state index in [1.165, 1.54) is 17.0 Å². The first kappa shape index (κ1) is 18.5. The topological polar surface area (TPSA) is 54.5 Å². The first-order valence-corrected chi connectivity index (χ1v) is 8.65. The number of hydrogen-bond donors (Lipinski definition) is 0. The molecule has 1 aromatic carbocycles. The Morgan fingerprint density at radius 2 is 1.86 bits per heavy atom. The summed E-state index contributed by atoms with van der Waals surface area (Å²) in [4.78, 5) is 13.4. The van der Waals surface area contributed by atoms with Gasteiger partial charge in [-0.25, -0.2) is 8.42 Å². The highest BCUT2D eigenvalue weighted by Gasteiger charge is 2.31. The van der Waals surface area contributed by atoms with Crippen molar-refractivity contribution in [3.63, 3.8) is 0 Å². The number of alkyl halides is 3. The minimum Gasteiger partial charge on any atom is -0.310 e. The van der Waals surface area contributed by atoms with Gasteiger partial charge in [0.05, 0.1) is 11.3 Å². The summed E-state index contributed by atoms with van der Waals surface area (Å²) >= 11 is 0. The maximum absolute atomic E-state index is 12.8. The van der Waals surface area contributed by atoms with Crippen LogP contribution >= 0.6 is 0 Å². The summed E-state index contributed by atoms with van der Waals surface area (Å²) < 4.78 is 60.5. The molecule has 1 aromatic rings. The average molecular weight is 337 g/mol. The molecule has 0 aromatic heterocycles. The average Bonchev–Trinajstić information content (AvgIpc) is 2.34. The molecular weight excluding hydrogens is 319 g/mol. The molecule has 0 N–H and O–H groups in total. The summed E-state index contributed by atoms with van der Waals surface area (Å²) in [5, 5.41) is 0. The Kier molecular flexibility index (Phi) is 5.61. The zero-order chi connectivity index (χ0) is 17.1. The summed E-state index contributed by atoms with van der Waals surface area (Å²) in [6.07, 6.45) is -3.77. The SMILES string of the molecule is CC(C)N(C(=O)CCS(C)(=O)=O)c1cccc(C(F)(F)F)c1. The standard InChI is InChI=1S/C14H18F3NO3S/c1-10(2)18(13(19)7-8-22(3,20)21)12-6-4-5-11(9-12)14(15,16)17/h4-6,9-10H,7-8H2,1-3H3. The van der Waals surface area contributed by atoms with Crippen LogP contribution in [0, 0.1) is 0 Å². The summed E-state index contributed by atoms with van der Waals surface area (Å²) in [6, 6.07) is 4.03. The van der Waals surface area contributed by atoms with Gasteiger partial charge in [-0.15, -0.1) is 0 Å². The Labute approximate surface area is 127 Å². The van der Waals surface area contributed by atoms with Crippen LogP contribution < -0.4 is 4.90 Å². The highest BCUT2D eigenvalue weighted by molar-refractivity contribution is 7.90. The van der Waals surface area contributed by atoms with Gasteiger partial charge in [0.1, 0.15) is 9.84 Å². The fraction of sp³-hybridized carbons (Fsp3) is 0.500. The van der Waals surface area contributed by atoms with Crippen LogP contribution in [0.15, 0.2) is 24.3 Å². The molecular formula is C14H18F3NO3S. The van der Waals surface area contributed by atoms with Gasteiger partial charge in [-0.05, 0) is 32.0 Å². The number of carbonyl (C=O) groups is 1. The second-order valence-electron chi connectivity index (χ2n) is 5.29. The molecule has 0 saturated carbocycles. The van der Waals surface area contributed by atoms with Crippen molar-refractivity contribution < 1.29 is 26.4 Å². The van der Waals surface area contributed by atoms with Gasteiger partial charge >= 0.3 is 6.18 Å². The molecule has 4 nitrogen and oxygen atoms in total. The van der Waals surface area contributed by atoms with Gasteiger partial charge in [0.25, 0.3) is 0 Å². The van der Waals surface area contributed by atoms with Gasteiger partial charge in [-0.1, -0.05) is 6.07 Å². The molecule has 0 radical (unpaired) electrons. The fourth-order valence-electron chi connectivity index (χ4n) is 1.96. The van der Waals surface area contributed by atoms with E-state index in [0.717, 1.165) is 18.4 Å². The summed E-state index contributed by atoms with van der Waals surface area (Å²) in [7, 11) is -3.32. The number of amides is 1. The van der Waals surface area contributed by atoms with Crippen molar-refractivity contribution in [2.75, 3.05) is 16.9 Å². The Balaban J connectivity index is 3.09. The Morgan fingerprint density at radius 3 is 2.32 bits per heavy atom. The van der Waals surface area contributed by atoms with Crippen molar-refractivity contribution >= 4 is 21.4 Å². The van der Waals surface area contributed by atoms with Crippen molar-refractivity contribution in [3.8, 4) is 0 Å². The van der Waals surface area contributed by atoms with Gasteiger partial charge in [-0.2, -0.15) is 13.2 Å². The molecule has 0 heterocycles. The summed E-state index contributed by atoms with van der Waals surface area (Å²) in [5.74, 6) is -0.867. The summed E-state index contributed by atoms with van der Waals surface area (Å²) in [5.41, 5.74) is -0.755. The second kappa shape index (κ2) is 6.68. The van der Waals surface area contributed by atoms with E-state index in [-0.39, 0.29) is 17.9 Å². The van der Waals surface area contributed by atoms with Gasteiger partial charge in [-0.3, -0.25) is 4.79 Å². The number of halogens is 3. The quantitative estimate of drug-likeness (QED) is 0.830. The molecule has 0 aliphatic carbocycles. The van der Waals surface area contributed by atoms with Gasteiger partial charge in [0, 0.05) is 24.4 Å². The van der Waals surface area contributed by atoms with Crippen LogP contribution in [0.3, 0.4) is 0 Å². The number of anilines is 1. The van der Waals surface area contributed by atoms with Crippen molar-refractivity contribution in [3.05, 3.63) is 29.8 Å². The van der Waals surface area contributed by atoms with Crippen molar-refractivity contribution in [1.82, 2.24) is 0 Å². The minimum atomic E-state index is -4.51. The van der Waals surface area contributed by atoms with E-state index < -0.39 is 33.5 Å². The van der Waals surface area contributed by atoms with Crippen LogP contribution in [-0.2, 0) is 20.8 Å². The maximum Gasteiger partial charge on any atom is 0.416 e. The van der Waals surface area contributed by atoms with Gasteiger partial charge in [0.2, 0.25) is 5.91 Å². The Bertz CT molecular complexity index is 639. The third-order valence-electron chi connectivity index (χ3n) is 2.92. The fourth-order valence-corrected chi connectivity index (χ4v) is 2.50. The molecule has 0 saturated heterocycles. The van der Waals surface area contributed by atoms with E-state index in [4.69, 9.17) is 0 Å². The number of hydrogen-bond acceptors (Lipinski definition) is 3. The van der Waals surface area contributed by atoms with Crippen molar-refractivity contribution in [2.45, 2.75) is 32.5 Å². The normalized spacial score (nSPS) is 12.5. The highest BCUT2D eigenvalue weighted by Crippen LogP contribution is 2.32. The van der Waals surface area contributed by atoms with Crippen LogP contribution in [-0.4, -0.2) is 32.4 Å². The highest BCUT2D eigenvalue weighted by atomic mass is 32.2. The molecule has 0 atom stereocenters. The molecule has 1 amide bonds. The van der Waals surface area contributed by atoms with E-state index in [9.17, 15) is 26.4 Å². The molecule has 1 rings (SSSR count). The molecule has 22 heavy (non-hydrogen) atoms.